The number of carboxylic acids is 1. The molecule has 0 radical (unpaired) electrons. The van der Waals surface area contributed by atoms with Crippen LogP contribution in [0.2, 0.25) is 0 Å². The minimum Gasteiger partial charge on any atom is -0.478 e. The van der Waals surface area contributed by atoms with Crippen LogP contribution in [0.5, 0.6) is 0 Å². The average molecular weight is 249 g/mol. The summed E-state index contributed by atoms with van der Waals surface area (Å²) in [4.78, 5) is 22.9. The van der Waals surface area contributed by atoms with Crippen LogP contribution in [-0.2, 0) is 9.53 Å². The lowest BCUT2D eigenvalue weighted by molar-refractivity contribution is -0.124. The molecule has 0 aliphatic carbocycles. The van der Waals surface area contributed by atoms with Crippen molar-refractivity contribution in [2.45, 2.75) is 25.9 Å². The molecule has 1 saturated heterocycles. The van der Waals surface area contributed by atoms with Crippen molar-refractivity contribution in [1.29, 1.82) is 0 Å². The first kappa shape index (κ1) is 12.6. The SMILES string of the molecule is Cc1ccc(NC(=O)C2CCCO2)c(C(=O)O)c1. The molecule has 5 nitrogen and oxygen atoms in total. The van der Waals surface area contributed by atoms with Gasteiger partial charge in [0, 0.05) is 6.61 Å². The smallest absolute Gasteiger partial charge is 0.337 e. The monoisotopic (exact) mass is 249 g/mol. The van der Waals surface area contributed by atoms with E-state index in [1.165, 1.54) is 6.07 Å². The van der Waals surface area contributed by atoms with Gasteiger partial charge in [-0.15, -0.1) is 0 Å². The average Bonchev–Trinajstić information content (AvgIpc) is 2.84. The van der Waals surface area contributed by atoms with Crippen molar-refractivity contribution in [3.8, 4) is 0 Å². The highest BCUT2D eigenvalue weighted by Crippen LogP contribution is 2.20. The molecule has 18 heavy (non-hydrogen) atoms. The number of hydrogen-bond donors (Lipinski definition) is 2. The maximum Gasteiger partial charge on any atom is 0.337 e. The van der Waals surface area contributed by atoms with Gasteiger partial charge in [0.05, 0.1) is 11.3 Å². The summed E-state index contributed by atoms with van der Waals surface area (Å²) in [7, 11) is 0. The molecule has 0 bridgehead atoms. The molecule has 1 aromatic rings. The number of aryl methyl sites for hydroxylation is 1. The highest BCUT2D eigenvalue weighted by Gasteiger charge is 2.24. The van der Waals surface area contributed by atoms with E-state index in [0.717, 1.165) is 12.0 Å². The van der Waals surface area contributed by atoms with Crippen LogP contribution >= 0.6 is 0 Å². The van der Waals surface area contributed by atoms with Gasteiger partial charge in [-0.05, 0) is 31.9 Å². The number of ether oxygens (including phenoxy) is 1. The zero-order valence-corrected chi connectivity index (χ0v) is 10.1. The fraction of sp³-hybridized carbons (Fsp3) is 0.385. The first-order chi connectivity index (χ1) is 8.58. The van der Waals surface area contributed by atoms with Gasteiger partial charge >= 0.3 is 5.97 Å². The number of carbonyl (C=O) groups excluding carboxylic acids is 1. The summed E-state index contributed by atoms with van der Waals surface area (Å²) in [6, 6.07) is 4.90. The molecule has 1 aliphatic rings. The fourth-order valence-corrected chi connectivity index (χ4v) is 1.94. The zero-order chi connectivity index (χ0) is 13.1. The molecule has 1 heterocycles. The minimum atomic E-state index is -1.05. The molecule has 1 fully saturated rings. The predicted molar refractivity (Wildman–Crippen MR) is 65.7 cm³/mol. The van der Waals surface area contributed by atoms with E-state index in [1.807, 2.05) is 0 Å². The molecule has 1 aromatic carbocycles. The van der Waals surface area contributed by atoms with Crippen molar-refractivity contribution < 1.29 is 19.4 Å². The highest BCUT2D eigenvalue weighted by molar-refractivity contribution is 6.02. The van der Waals surface area contributed by atoms with E-state index in [1.54, 1.807) is 19.1 Å². The topological polar surface area (TPSA) is 75.6 Å². The fourth-order valence-electron chi connectivity index (χ4n) is 1.94. The summed E-state index contributed by atoms with van der Waals surface area (Å²) in [6.07, 6.45) is 1.07. The number of amides is 1. The summed E-state index contributed by atoms with van der Waals surface area (Å²) >= 11 is 0. The molecular weight excluding hydrogens is 234 g/mol. The van der Waals surface area contributed by atoms with Crippen molar-refractivity contribution in [1.82, 2.24) is 0 Å². The molecule has 5 heteroatoms. The van der Waals surface area contributed by atoms with Crippen LogP contribution in [0.4, 0.5) is 5.69 Å². The third kappa shape index (κ3) is 2.68. The molecular formula is C13H15NO4. The Morgan fingerprint density at radius 2 is 2.22 bits per heavy atom. The second-order valence-electron chi connectivity index (χ2n) is 4.35. The molecule has 2 rings (SSSR count). The Morgan fingerprint density at radius 3 is 2.83 bits per heavy atom. The number of hydrogen-bond acceptors (Lipinski definition) is 3. The number of aromatic carboxylic acids is 1. The quantitative estimate of drug-likeness (QED) is 0.856. The lowest BCUT2D eigenvalue weighted by Gasteiger charge is -2.12. The Bertz CT molecular complexity index is 478. The molecule has 0 saturated carbocycles. The standard InChI is InChI=1S/C13H15NO4/c1-8-4-5-10(9(7-8)13(16)17)14-12(15)11-3-2-6-18-11/h4-5,7,11H,2-3,6H2,1H3,(H,14,15)(H,16,17). The van der Waals surface area contributed by atoms with Gasteiger partial charge < -0.3 is 15.2 Å². The summed E-state index contributed by atoms with van der Waals surface area (Å²) in [5.74, 6) is -1.33. The van der Waals surface area contributed by atoms with Crippen LogP contribution in [0.1, 0.15) is 28.8 Å². The summed E-state index contributed by atoms with van der Waals surface area (Å²) in [5, 5.41) is 11.7. The number of carboxylic acid groups (broad SMARTS) is 1. The Labute approximate surface area is 105 Å². The number of anilines is 1. The third-order valence-corrected chi connectivity index (χ3v) is 2.89. The van der Waals surface area contributed by atoms with E-state index in [2.05, 4.69) is 5.32 Å². The second kappa shape index (κ2) is 5.18. The maximum atomic E-state index is 11.8. The minimum absolute atomic E-state index is 0.0985. The second-order valence-corrected chi connectivity index (χ2v) is 4.35. The number of rotatable bonds is 3. The normalized spacial score (nSPS) is 18.6. The zero-order valence-electron chi connectivity index (χ0n) is 10.1. The first-order valence-corrected chi connectivity index (χ1v) is 5.84. The van der Waals surface area contributed by atoms with Gasteiger partial charge in [0.1, 0.15) is 6.10 Å². The van der Waals surface area contributed by atoms with Gasteiger partial charge in [0.2, 0.25) is 0 Å². The van der Waals surface area contributed by atoms with Gasteiger partial charge in [-0.25, -0.2) is 4.79 Å². The Balaban J connectivity index is 2.17. The number of nitrogens with one attached hydrogen (secondary N) is 1. The summed E-state index contributed by atoms with van der Waals surface area (Å²) in [6.45, 7) is 2.38. The van der Waals surface area contributed by atoms with E-state index in [0.29, 0.717) is 18.7 Å². The van der Waals surface area contributed by atoms with E-state index >= 15 is 0 Å². The molecule has 0 spiro atoms. The van der Waals surface area contributed by atoms with Crippen LogP contribution in [0.3, 0.4) is 0 Å². The molecule has 0 aromatic heterocycles. The predicted octanol–water partition coefficient (Wildman–Crippen LogP) is 1.81. The lowest BCUT2D eigenvalue weighted by atomic mass is 10.1. The van der Waals surface area contributed by atoms with Gasteiger partial charge in [-0.1, -0.05) is 11.6 Å². The number of benzene rings is 1. The van der Waals surface area contributed by atoms with Crippen molar-refractivity contribution in [2.24, 2.45) is 0 Å². The Morgan fingerprint density at radius 1 is 1.44 bits per heavy atom. The van der Waals surface area contributed by atoms with Gasteiger partial charge in [0.25, 0.3) is 5.91 Å². The van der Waals surface area contributed by atoms with Crippen LogP contribution in [-0.4, -0.2) is 29.7 Å². The molecule has 1 atom stereocenters. The molecule has 96 valence electrons. The van der Waals surface area contributed by atoms with E-state index in [4.69, 9.17) is 9.84 Å². The van der Waals surface area contributed by atoms with E-state index < -0.39 is 12.1 Å². The maximum absolute atomic E-state index is 11.8. The van der Waals surface area contributed by atoms with Gasteiger partial charge in [-0.3, -0.25) is 4.79 Å². The highest BCUT2D eigenvalue weighted by atomic mass is 16.5. The van der Waals surface area contributed by atoms with Gasteiger partial charge in [-0.2, -0.15) is 0 Å². The largest absolute Gasteiger partial charge is 0.478 e. The van der Waals surface area contributed by atoms with Crippen molar-refractivity contribution in [3.63, 3.8) is 0 Å². The number of carbonyl (C=O) groups is 2. The molecule has 1 unspecified atom stereocenters. The Kier molecular flexibility index (Phi) is 3.62. The Hall–Kier alpha value is -1.88. The summed E-state index contributed by atoms with van der Waals surface area (Å²) in [5.41, 5.74) is 1.25. The molecule has 1 amide bonds. The van der Waals surface area contributed by atoms with Crippen LogP contribution in [0, 0.1) is 6.92 Å². The molecule has 2 N–H and O–H groups in total. The van der Waals surface area contributed by atoms with Crippen LogP contribution in [0.25, 0.3) is 0 Å². The summed E-state index contributed by atoms with van der Waals surface area (Å²) < 4.78 is 5.25. The van der Waals surface area contributed by atoms with E-state index in [-0.39, 0.29) is 11.5 Å². The third-order valence-electron chi connectivity index (χ3n) is 2.89. The van der Waals surface area contributed by atoms with Crippen LogP contribution in [0.15, 0.2) is 18.2 Å². The molecule has 1 aliphatic heterocycles. The van der Waals surface area contributed by atoms with Crippen molar-refractivity contribution in [3.05, 3.63) is 29.3 Å². The first-order valence-electron chi connectivity index (χ1n) is 5.84. The lowest BCUT2D eigenvalue weighted by Crippen LogP contribution is -2.27. The van der Waals surface area contributed by atoms with Crippen molar-refractivity contribution in [2.75, 3.05) is 11.9 Å². The van der Waals surface area contributed by atoms with E-state index in [9.17, 15) is 9.59 Å². The van der Waals surface area contributed by atoms with Crippen LogP contribution < -0.4 is 5.32 Å². The van der Waals surface area contributed by atoms with Gasteiger partial charge in [0.15, 0.2) is 0 Å². The van der Waals surface area contributed by atoms with Crippen molar-refractivity contribution >= 4 is 17.6 Å².